The van der Waals surface area contributed by atoms with Crippen molar-refractivity contribution in [2.75, 3.05) is 16.8 Å². The van der Waals surface area contributed by atoms with Gasteiger partial charge in [-0.1, -0.05) is 35.5 Å². The van der Waals surface area contributed by atoms with Crippen molar-refractivity contribution in [2.24, 2.45) is 0 Å². The molecule has 0 fully saturated rings. The van der Waals surface area contributed by atoms with Gasteiger partial charge in [0.05, 0.1) is 5.75 Å². The summed E-state index contributed by atoms with van der Waals surface area (Å²) in [5.74, 6) is 2.47. The van der Waals surface area contributed by atoms with Gasteiger partial charge < -0.3 is 9.84 Å². The van der Waals surface area contributed by atoms with E-state index in [-0.39, 0.29) is 5.91 Å². The third kappa shape index (κ3) is 4.79. The first-order valence-electron chi connectivity index (χ1n) is 6.09. The average molecular weight is 276 g/mol. The molecule has 2 aromatic rings. The highest BCUT2D eigenvalue weighted by molar-refractivity contribution is 7.99. The van der Waals surface area contributed by atoms with E-state index in [4.69, 9.17) is 4.52 Å². The molecule has 0 unspecified atom stereocenters. The molecule has 1 heterocycles. The molecule has 1 aromatic carbocycles. The van der Waals surface area contributed by atoms with Crippen molar-refractivity contribution >= 4 is 23.5 Å². The molecule has 0 saturated carbocycles. The number of aryl methyl sites for hydroxylation is 2. The third-order valence-electron chi connectivity index (χ3n) is 2.51. The second-order valence-corrected chi connectivity index (χ2v) is 5.26. The molecule has 0 bridgehead atoms. The largest absolute Gasteiger partial charge is 0.360 e. The Morgan fingerprint density at radius 3 is 2.84 bits per heavy atom. The smallest absolute Gasteiger partial charge is 0.235 e. The average Bonchev–Trinajstić information content (AvgIpc) is 2.81. The minimum atomic E-state index is -0.0497. The quantitative estimate of drug-likeness (QED) is 0.824. The van der Waals surface area contributed by atoms with E-state index in [9.17, 15) is 4.79 Å². The van der Waals surface area contributed by atoms with Crippen LogP contribution in [0, 0.1) is 6.92 Å². The van der Waals surface area contributed by atoms with E-state index in [1.807, 2.05) is 18.2 Å². The second kappa shape index (κ2) is 6.99. The standard InChI is InChI=1S/C14H16N2O2S/c1-11-9-13(16-18-11)15-14(17)10-19-8-7-12-5-3-2-4-6-12/h2-6,9H,7-8,10H2,1H3,(H,15,16,17). The Morgan fingerprint density at radius 1 is 1.37 bits per heavy atom. The van der Waals surface area contributed by atoms with Gasteiger partial charge in [-0.05, 0) is 24.7 Å². The molecule has 1 aromatic heterocycles. The van der Waals surface area contributed by atoms with Crippen LogP contribution in [0.15, 0.2) is 40.9 Å². The number of benzene rings is 1. The predicted molar refractivity (Wildman–Crippen MR) is 77.3 cm³/mol. The van der Waals surface area contributed by atoms with Gasteiger partial charge in [-0.25, -0.2) is 0 Å². The summed E-state index contributed by atoms with van der Waals surface area (Å²) in [6, 6.07) is 12.0. The fourth-order valence-electron chi connectivity index (χ4n) is 1.60. The number of nitrogens with one attached hydrogen (secondary N) is 1. The summed E-state index contributed by atoms with van der Waals surface area (Å²) < 4.78 is 4.88. The van der Waals surface area contributed by atoms with Crippen LogP contribution in [0.4, 0.5) is 5.82 Å². The highest BCUT2D eigenvalue weighted by Gasteiger charge is 2.05. The van der Waals surface area contributed by atoms with Gasteiger partial charge in [-0.15, -0.1) is 0 Å². The van der Waals surface area contributed by atoms with Crippen LogP contribution < -0.4 is 5.32 Å². The predicted octanol–water partition coefficient (Wildman–Crippen LogP) is 2.90. The first kappa shape index (κ1) is 13.7. The van der Waals surface area contributed by atoms with E-state index in [0.29, 0.717) is 17.3 Å². The number of hydrogen-bond acceptors (Lipinski definition) is 4. The van der Waals surface area contributed by atoms with Gasteiger partial charge in [0, 0.05) is 6.07 Å². The molecular formula is C14H16N2O2S. The molecule has 0 aliphatic rings. The minimum absolute atomic E-state index is 0.0497. The van der Waals surface area contributed by atoms with Crippen LogP contribution in [0.2, 0.25) is 0 Å². The molecule has 1 N–H and O–H groups in total. The highest BCUT2D eigenvalue weighted by Crippen LogP contribution is 2.10. The maximum absolute atomic E-state index is 11.6. The molecule has 0 spiro atoms. The Labute approximate surface area is 116 Å². The van der Waals surface area contributed by atoms with Gasteiger partial charge in [0.15, 0.2) is 5.82 Å². The number of aromatic nitrogens is 1. The van der Waals surface area contributed by atoms with Gasteiger partial charge in [-0.2, -0.15) is 11.8 Å². The Bertz CT molecular complexity index is 525. The zero-order chi connectivity index (χ0) is 13.5. The Kier molecular flexibility index (Phi) is 5.03. The fourth-order valence-corrected chi connectivity index (χ4v) is 2.39. The van der Waals surface area contributed by atoms with Gasteiger partial charge in [0.2, 0.25) is 5.91 Å². The summed E-state index contributed by atoms with van der Waals surface area (Å²) in [6.45, 7) is 1.79. The van der Waals surface area contributed by atoms with Crippen LogP contribution in [0.25, 0.3) is 0 Å². The summed E-state index contributed by atoms with van der Waals surface area (Å²) in [7, 11) is 0. The molecule has 0 saturated heterocycles. The van der Waals surface area contributed by atoms with E-state index in [2.05, 4.69) is 22.6 Å². The van der Waals surface area contributed by atoms with E-state index in [0.717, 1.165) is 12.2 Å². The van der Waals surface area contributed by atoms with Crippen molar-refractivity contribution in [1.82, 2.24) is 5.16 Å². The van der Waals surface area contributed by atoms with Crippen LogP contribution in [0.3, 0.4) is 0 Å². The number of thioether (sulfide) groups is 1. The Balaban J connectivity index is 1.64. The molecule has 0 radical (unpaired) electrons. The molecule has 4 nitrogen and oxygen atoms in total. The molecule has 19 heavy (non-hydrogen) atoms. The van der Waals surface area contributed by atoms with Crippen molar-refractivity contribution < 1.29 is 9.32 Å². The first-order valence-corrected chi connectivity index (χ1v) is 7.24. The summed E-state index contributed by atoms with van der Waals surface area (Å²) in [4.78, 5) is 11.6. The lowest BCUT2D eigenvalue weighted by Gasteiger charge is -2.02. The molecule has 1 amide bonds. The lowest BCUT2D eigenvalue weighted by atomic mass is 10.2. The number of amides is 1. The summed E-state index contributed by atoms with van der Waals surface area (Å²) in [5.41, 5.74) is 1.29. The lowest BCUT2D eigenvalue weighted by molar-refractivity contribution is -0.113. The number of carbonyl (C=O) groups is 1. The van der Waals surface area contributed by atoms with Crippen LogP contribution in [0.5, 0.6) is 0 Å². The van der Waals surface area contributed by atoms with Crippen LogP contribution in [-0.2, 0) is 11.2 Å². The van der Waals surface area contributed by atoms with Crippen molar-refractivity contribution in [3.8, 4) is 0 Å². The number of hydrogen-bond donors (Lipinski definition) is 1. The van der Waals surface area contributed by atoms with E-state index in [1.54, 1.807) is 24.8 Å². The SMILES string of the molecule is Cc1cc(NC(=O)CSCCc2ccccc2)no1. The summed E-state index contributed by atoms with van der Waals surface area (Å²) in [6.07, 6.45) is 0.974. The number of rotatable bonds is 6. The minimum Gasteiger partial charge on any atom is -0.360 e. The van der Waals surface area contributed by atoms with Gasteiger partial charge >= 0.3 is 0 Å². The van der Waals surface area contributed by atoms with Crippen molar-refractivity contribution in [3.05, 3.63) is 47.7 Å². The van der Waals surface area contributed by atoms with E-state index >= 15 is 0 Å². The van der Waals surface area contributed by atoms with Crippen LogP contribution in [-0.4, -0.2) is 22.6 Å². The second-order valence-electron chi connectivity index (χ2n) is 4.16. The summed E-state index contributed by atoms with van der Waals surface area (Å²) in [5, 5.41) is 6.41. The number of carbonyl (C=O) groups excluding carboxylic acids is 1. The fraction of sp³-hybridized carbons (Fsp3) is 0.286. The van der Waals surface area contributed by atoms with E-state index in [1.165, 1.54) is 5.56 Å². The Morgan fingerprint density at radius 2 is 2.16 bits per heavy atom. The van der Waals surface area contributed by atoms with Crippen molar-refractivity contribution in [3.63, 3.8) is 0 Å². The maximum atomic E-state index is 11.6. The van der Waals surface area contributed by atoms with Crippen LogP contribution in [0.1, 0.15) is 11.3 Å². The molecule has 0 atom stereocenters. The third-order valence-corrected chi connectivity index (χ3v) is 3.47. The van der Waals surface area contributed by atoms with Gasteiger partial charge in [-0.3, -0.25) is 4.79 Å². The van der Waals surface area contributed by atoms with Crippen molar-refractivity contribution in [2.45, 2.75) is 13.3 Å². The molecule has 5 heteroatoms. The van der Waals surface area contributed by atoms with Gasteiger partial charge in [0.1, 0.15) is 5.76 Å². The molecule has 0 aliphatic heterocycles. The zero-order valence-corrected chi connectivity index (χ0v) is 11.6. The first-order chi connectivity index (χ1) is 9.24. The Hall–Kier alpha value is -1.75. The lowest BCUT2D eigenvalue weighted by Crippen LogP contribution is -2.14. The highest BCUT2D eigenvalue weighted by atomic mass is 32.2. The monoisotopic (exact) mass is 276 g/mol. The molecule has 0 aliphatic carbocycles. The van der Waals surface area contributed by atoms with Gasteiger partial charge in [0.25, 0.3) is 0 Å². The topological polar surface area (TPSA) is 55.1 Å². The van der Waals surface area contributed by atoms with Crippen molar-refractivity contribution in [1.29, 1.82) is 0 Å². The number of anilines is 1. The zero-order valence-electron chi connectivity index (χ0n) is 10.8. The maximum Gasteiger partial charge on any atom is 0.235 e. The summed E-state index contributed by atoms with van der Waals surface area (Å²) >= 11 is 1.61. The molecule has 2 rings (SSSR count). The number of nitrogens with zero attached hydrogens (tertiary/aromatic N) is 1. The van der Waals surface area contributed by atoms with Crippen LogP contribution >= 0.6 is 11.8 Å². The van der Waals surface area contributed by atoms with E-state index < -0.39 is 0 Å². The molecular weight excluding hydrogens is 260 g/mol. The molecule has 100 valence electrons. The normalized spacial score (nSPS) is 10.4.